The highest BCUT2D eigenvalue weighted by Crippen LogP contribution is 2.33. The Kier molecular flexibility index (Phi) is 4.29. The number of nitrogens with zero attached hydrogens (tertiary/aromatic N) is 2. The average molecular weight is 283 g/mol. The van der Waals surface area contributed by atoms with Crippen LogP contribution in [0.1, 0.15) is 17.0 Å². The largest absolute Gasteiger partial charge is 0.497 e. The standard InChI is InChI=1S/C16H17N3O2/c1-10-7-14(13(9-17)11(2)18-10)19-15-8-12(20-3)5-6-16(15)21-4/h5-8H,1-4H3,(H,18,19). The van der Waals surface area contributed by atoms with Gasteiger partial charge in [0, 0.05) is 11.8 Å². The smallest absolute Gasteiger partial charge is 0.142 e. The number of nitriles is 1. The third-order valence-electron chi connectivity index (χ3n) is 3.12. The Morgan fingerprint density at radius 2 is 1.86 bits per heavy atom. The first-order chi connectivity index (χ1) is 10.1. The van der Waals surface area contributed by atoms with Crippen molar-refractivity contribution in [2.24, 2.45) is 0 Å². The van der Waals surface area contributed by atoms with Crippen LogP contribution in [0.4, 0.5) is 11.4 Å². The van der Waals surface area contributed by atoms with Crippen molar-refractivity contribution in [3.63, 3.8) is 0 Å². The molecule has 2 rings (SSSR count). The van der Waals surface area contributed by atoms with Crippen LogP contribution in [-0.4, -0.2) is 19.2 Å². The molecule has 1 heterocycles. The van der Waals surface area contributed by atoms with E-state index in [4.69, 9.17) is 9.47 Å². The molecule has 108 valence electrons. The van der Waals surface area contributed by atoms with E-state index in [0.717, 1.165) is 11.4 Å². The molecule has 1 aromatic heterocycles. The maximum absolute atomic E-state index is 9.31. The summed E-state index contributed by atoms with van der Waals surface area (Å²) in [7, 11) is 3.20. The number of methoxy groups -OCH3 is 2. The summed E-state index contributed by atoms with van der Waals surface area (Å²) in [5.74, 6) is 1.38. The van der Waals surface area contributed by atoms with Crippen LogP contribution in [0.5, 0.6) is 11.5 Å². The highest BCUT2D eigenvalue weighted by molar-refractivity contribution is 5.72. The third kappa shape index (κ3) is 3.06. The van der Waals surface area contributed by atoms with Gasteiger partial charge < -0.3 is 14.8 Å². The third-order valence-corrected chi connectivity index (χ3v) is 3.12. The van der Waals surface area contributed by atoms with Crippen LogP contribution < -0.4 is 14.8 Å². The van der Waals surface area contributed by atoms with E-state index in [0.29, 0.717) is 28.4 Å². The fourth-order valence-electron chi connectivity index (χ4n) is 2.13. The van der Waals surface area contributed by atoms with Gasteiger partial charge in [-0.1, -0.05) is 0 Å². The monoisotopic (exact) mass is 283 g/mol. The van der Waals surface area contributed by atoms with Gasteiger partial charge in [-0.25, -0.2) is 0 Å². The minimum absolute atomic E-state index is 0.519. The summed E-state index contributed by atoms with van der Waals surface area (Å²) in [6.07, 6.45) is 0. The van der Waals surface area contributed by atoms with Gasteiger partial charge >= 0.3 is 0 Å². The van der Waals surface area contributed by atoms with Gasteiger partial charge in [0.05, 0.1) is 36.9 Å². The number of ether oxygens (including phenoxy) is 2. The van der Waals surface area contributed by atoms with Gasteiger partial charge in [-0.3, -0.25) is 4.98 Å². The molecule has 5 nitrogen and oxygen atoms in total. The minimum atomic E-state index is 0.519. The van der Waals surface area contributed by atoms with E-state index in [-0.39, 0.29) is 0 Å². The molecule has 0 saturated carbocycles. The zero-order valence-electron chi connectivity index (χ0n) is 12.5. The lowest BCUT2D eigenvalue weighted by Crippen LogP contribution is -2.01. The molecule has 1 aromatic carbocycles. The van der Waals surface area contributed by atoms with Crippen LogP contribution in [0.15, 0.2) is 24.3 Å². The molecule has 0 spiro atoms. The van der Waals surface area contributed by atoms with Gasteiger partial charge in [0.15, 0.2) is 0 Å². The molecule has 0 atom stereocenters. The van der Waals surface area contributed by atoms with Crippen LogP contribution in [0.2, 0.25) is 0 Å². The van der Waals surface area contributed by atoms with Crippen LogP contribution in [-0.2, 0) is 0 Å². The average Bonchev–Trinajstić information content (AvgIpc) is 2.46. The molecular formula is C16H17N3O2. The van der Waals surface area contributed by atoms with Gasteiger partial charge in [0.1, 0.15) is 17.6 Å². The second kappa shape index (κ2) is 6.14. The molecule has 0 amide bonds. The summed E-state index contributed by atoms with van der Waals surface area (Å²) in [4.78, 5) is 4.30. The Morgan fingerprint density at radius 1 is 1.10 bits per heavy atom. The number of nitrogens with one attached hydrogen (secondary N) is 1. The SMILES string of the molecule is COc1ccc(OC)c(Nc2cc(C)nc(C)c2C#N)c1. The Morgan fingerprint density at radius 3 is 2.48 bits per heavy atom. The van der Waals surface area contributed by atoms with Crippen molar-refractivity contribution < 1.29 is 9.47 Å². The number of aryl methyl sites for hydroxylation is 2. The molecular weight excluding hydrogens is 266 g/mol. The molecule has 0 unspecified atom stereocenters. The van der Waals surface area contributed by atoms with Gasteiger partial charge in [-0.2, -0.15) is 5.26 Å². The first kappa shape index (κ1) is 14.7. The molecule has 0 fully saturated rings. The Balaban J connectivity index is 2.49. The summed E-state index contributed by atoms with van der Waals surface area (Å²) < 4.78 is 10.6. The Hall–Kier alpha value is -2.74. The molecule has 0 aliphatic rings. The van der Waals surface area contributed by atoms with E-state index < -0.39 is 0 Å². The summed E-state index contributed by atoms with van der Waals surface area (Å²) in [5.41, 5.74) is 3.50. The molecule has 0 bridgehead atoms. The van der Waals surface area contributed by atoms with Crippen LogP contribution in [0.3, 0.4) is 0 Å². The van der Waals surface area contributed by atoms with Crippen molar-refractivity contribution in [1.29, 1.82) is 5.26 Å². The number of hydrogen-bond donors (Lipinski definition) is 1. The molecule has 0 aliphatic heterocycles. The number of hydrogen-bond acceptors (Lipinski definition) is 5. The van der Waals surface area contributed by atoms with E-state index in [1.807, 2.05) is 38.1 Å². The molecule has 0 aliphatic carbocycles. The van der Waals surface area contributed by atoms with E-state index in [1.54, 1.807) is 14.2 Å². The molecule has 0 saturated heterocycles. The summed E-state index contributed by atoms with van der Waals surface area (Å²) in [6, 6.07) is 9.47. The number of pyridine rings is 1. The van der Waals surface area contributed by atoms with Gasteiger partial charge in [0.2, 0.25) is 0 Å². The van der Waals surface area contributed by atoms with E-state index in [2.05, 4.69) is 16.4 Å². The molecule has 2 aromatic rings. The lowest BCUT2D eigenvalue weighted by atomic mass is 10.1. The van der Waals surface area contributed by atoms with Crippen LogP contribution in [0.25, 0.3) is 0 Å². The van der Waals surface area contributed by atoms with Crippen molar-refractivity contribution in [2.75, 3.05) is 19.5 Å². The fourth-order valence-corrected chi connectivity index (χ4v) is 2.13. The molecule has 21 heavy (non-hydrogen) atoms. The minimum Gasteiger partial charge on any atom is -0.497 e. The highest BCUT2D eigenvalue weighted by Gasteiger charge is 2.11. The van der Waals surface area contributed by atoms with Crippen molar-refractivity contribution in [3.05, 3.63) is 41.2 Å². The predicted molar refractivity (Wildman–Crippen MR) is 81.3 cm³/mol. The maximum Gasteiger partial charge on any atom is 0.142 e. The number of anilines is 2. The zero-order chi connectivity index (χ0) is 15.4. The maximum atomic E-state index is 9.31. The Bertz CT molecular complexity index is 705. The summed E-state index contributed by atoms with van der Waals surface area (Å²) >= 11 is 0. The topological polar surface area (TPSA) is 67.2 Å². The first-order valence-electron chi connectivity index (χ1n) is 6.46. The second-order valence-electron chi connectivity index (χ2n) is 4.57. The van der Waals surface area contributed by atoms with Crippen molar-refractivity contribution in [3.8, 4) is 17.6 Å². The van der Waals surface area contributed by atoms with Gasteiger partial charge in [-0.15, -0.1) is 0 Å². The van der Waals surface area contributed by atoms with E-state index >= 15 is 0 Å². The van der Waals surface area contributed by atoms with Gasteiger partial charge in [-0.05, 0) is 32.0 Å². The lowest BCUT2D eigenvalue weighted by Gasteiger charge is -2.14. The second-order valence-corrected chi connectivity index (χ2v) is 4.57. The van der Waals surface area contributed by atoms with Crippen LogP contribution in [0, 0.1) is 25.2 Å². The van der Waals surface area contributed by atoms with Crippen molar-refractivity contribution in [1.82, 2.24) is 4.98 Å². The first-order valence-corrected chi connectivity index (χ1v) is 6.46. The summed E-state index contributed by atoms with van der Waals surface area (Å²) in [5, 5.41) is 12.5. The normalized spacial score (nSPS) is 9.86. The van der Waals surface area contributed by atoms with Crippen molar-refractivity contribution >= 4 is 11.4 Å². The fraction of sp³-hybridized carbons (Fsp3) is 0.250. The highest BCUT2D eigenvalue weighted by atomic mass is 16.5. The zero-order valence-corrected chi connectivity index (χ0v) is 12.5. The molecule has 1 N–H and O–H groups in total. The molecule has 5 heteroatoms. The number of aromatic nitrogens is 1. The molecule has 0 radical (unpaired) electrons. The lowest BCUT2D eigenvalue weighted by molar-refractivity contribution is 0.405. The van der Waals surface area contributed by atoms with E-state index in [9.17, 15) is 5.26 Å². The van der Waals surface area contributed by atoms with Crippen molar-refractivity contribution in [2.45, 2.75) is 13.8 Å². The number of benzene rings is 1. The quantitative estimate of drug-likeness (QED) is 0.932. The van der Waals surface area contributed by atoms with E-state index in [1.165, 1.54) is 0 Å². The van der Waals surface area contributed by atoms with Gasteiger partial charge in [0.25, 0.3) is 0 Å². The Labute approximate surface area is 124 Å². The number of rotatable bonds is 4. The summed E-state index contributed by atoms with van der Waals surface area (Å²) in [6.45, 7) is 3.71. The van der Waals surface area contributed by atoms with Crippen LogP contribution >= 0.6 is 0 Å². The predicted octanol–water partition coefficient (Wildman–Crippen LogP) is 3.33.